The molecule has 1 aromatic carbocycles. The predicted octanol–water partition coefficient (Wildman–Crippen LogP) is 5.15. The highest BCUT2D eigenvalue weighted by Gasteiger charge is 2.32. The number of hydrogen-bond donors (Lipinski definition) is 2. The molecule has 0 spiro atoms. The summed E-state index contributed by atoms with van der Waals surface area (Å²) >= 11 is 0. The van der Waals surface area contributed by atoms with Gasteiger partial charge in [-0.1, -0.05) is 19.9 Å². The Morgan fingerprint density at radius 2 is 1.76 bits per heavy atom. The normalized spacial score (nSPS) is 11.9. The number of aromatic nitrogens is 2. The van der Waals surface area contributed by atoms with Crippen molar-refractivity contribution in [1.82, 2.24) is 15.3 Å². The molecular formula is C22H23F5N4O2. The average Bonchev–Trinajstić information content (AvgIpc) is 2.77. The molecule has 3 aromatic rings. The first-order valence-electron chi connectivity index (χ1n) is 9.85. The lowest BCUT2D eigenvalue weighted by Crippen LogP contribution is -2.25. The molecule has 2 aromatic heterocycles. The molecule has 6 nitrogen and oxygen atoms in total. The Bertz CT molecular complexity index is 1060. The summed E-state index contributed by atoms with van der Waals surface area (Å²) < 4.78 is 74.5. The van der Waals surface area contributed by atoms with Crippen molar-refractivity contribution in [2.45, 2.75) is 32.8 Å². The number of benzene rings is 1. The van der Waals surface area contributed by atoms with Crippen LogP contribution in [0, 0.1) is 11.6 Å². The number of anilines is 1. The number of halogens is 5. The molecule has 11 heteroatoms. The zero-order valence-corrected chi connectivity index (χ0v) is 18.1. The van der Waals surface area contributed by atoms with Crippen molar-refractivity contribution < 1.29 is 31.4 Å². The first-order chi connectivity index (χ1) is 15.7. The molecule has 0 amide bonds. The highest BCUT2D eigenvalue weighted by molar-refractivity contribution is 5.51. The summed E-state index contributed by atoms with van der Waals surface area (Å²) in [6.45, 7) is 4.07. The summed E-state index contributed by atoms with van der Waals surface area (Å²) in [5.74, 6) is -2.57. The van der Waals surface area contributed by atoms with E-state index in [9.17, 15) is 22.0 Å². The Kier molecular flexibility index (Phi) is 8.92. The molecule has 178 valence electrons. The van der Waals surface area contributed by atoms with Gasteiger partial charge in [0, 0.05) is 12.7 Å². The van der Waals surface area contributed by atoms with E-state index in [0.717, 1.165) is 18.2 Å². The molecule has 0 saturated heterocycles. The quantitative estimate of drug-likeness (QED) is 0.465. The molecule has 3 rings (SSSR count). The van der Waals surface area contributed by atoms with Crippen LogP contribution in [0.2, 0.25) is 0 Å². The van der Waals surface area contributed by atoms with Crippen molar-refractivity contribution in [3.8, 4) is 11.5 Å². The van der Waals surface area contributed by atoms with Crippen molar-refractivity contribution in [3.05, 3.63) is 77.4 Å². The van der Waals surface area contributed by atoms with E-state index in [1.54, 1.807) is 6.07 Å². The van der Waals surface area contributed by atoms with Crippen molar-refractivity contribution in [2.75, 3.05) is 12.8 Å². The zero-order chi connectivity index (χ0) is 24.6. The maximum atomic E-state index is 14.4. The van der Waals surface area contributed by atoms with Crippen LogP contribution in [0.15, 0.2) is 48.8 Å². The van der Waals surface area contributed by atoms with Gasteiger partial charge in [0.2, 0.25) is 0 Å². The molecule has 0 aliphatic carbocycles. The van der Waals surface area contributed by atoms with Crippen LogP contribution in [0.4, 0.5) is 27.6 Å². The van der Waals surface area contributed by atoms with Gasteiger partial charge in [-0.25, -0.2) is 8.78 Å². The molecule has 3 N–H and O–H groups in total. The number of nitrogen functional groups attached to an aromatic ring is 1. The van der Waals surface area contributed by atoms with Gasteiger partial charge < -0.3 is 15.2 Å². The second-order valence-corrected chi connectivity index (χ2v) is 6.34. The summed E-state index contributed by atoms with van der Waals surface area (Å²) in [6.07, 6.45) is -2.30. The molecule has 0 fully saturated rings. The van der Waals surface area contributed by atoms with Gasteiger partial charge in [-0.2, -0.15) is 0 Å². The number of pyridine rings is 2. The maximum Gasteiger partial charge on any atom is 0.573 e. The Hall–Kier alpha value is -3.47. The minimum Gasteiger partial charge on any atom is -0.493 e. The smallest absolute Gasteiger partial charge is 0.493 e. The second kappa shape index (κ2) is 11.4. The molecule has 0 bridgehead atoms. The molecular weight excluding hydrogens is 447 g/mol. The fourth-order valence-corrected chi connectivity index (χ4v) is 2.86. The van der Waals surface area contributed by atoms with E-state index in [-0.39, 0.29) is 17.8 Å². The van der Waals surface area contributed by atoms with Crippen LogP contribution in [0.5, 0.6) is 11.5 Å². The lowest BCUT2D eigenvalue weighted by molar-refractivity contribution is -0.275. The number of nitrogens with one attached hydrogen (secondary N) is 1. The second-order valence-electron chi connectivity index (χ2n) is 6.34. The molecule has 0 saturated carbocycles. The molecule has 0 aliphatic heterocycles. The van der Waals surface area contributed by atoms with E-state index in [1.165, 1.54) is 31.6 Å². The number of alkyl halides is 3. The molecule has 33 heavy (non-hydrogen) atoms. The van der Waals surface area contributed by atoms with Gasteiger partial charge >= 0.3 is 6.36 Å². The fourth-order valence-electron chi connectivity index (χ4n) is 2.86. The van der Waals surface area contributed by atoms with E-state index < -0.39 is 29.8 Å². The van der Waals surface area contributed by atoms with Gasteiger partial charge in [-0.05, 0) is 35.9 Å². The summed E-state index contributed by atoms with van der Waals surface area (Å²) in [6, 6.07) is 5.91. The molecule has 1 atom stereocenters. The highest BCUT2D eigenvalue weighted by atomic mass is 19.4. The highest BCUT2D eigenvalue weighted by Crippen LogP contribution is 2.30. The van der Waals surface area contributed by atoms with E-state index in [1.807, 2.05) is 13.8 Å². The number of methoxy groups -OCH3 is 1. The van der Waals surface area contributed by atoms with E-state index in [0.29, 0.717) is 17.1 Å². The lowest BCUT2D eigenvalue weighted by atomic mass is 10.0. The van der Waals surface area contributed by atoms with Crippen molar-refractivity contribution in [3.63, 3.8) is 0 Å². The Labute approximate surface area is 187 Å². The Morgan fingerprint density at radius 3 is 2.33 bits per heavy atom. The van der Waals surface area contributed by atoms with Crippen molar-refractivity contribution in [2.24, 2.45) is 0 Å². The van der Waals surface area contributed by atoms with Gasteiger partial charge in [0.05, 0.1) is 36.4 Å². The van der Waals surface area contributed by atoms with Gasteiger partial charge in [0.1, 0.15) is 5.82 Å². The molecule has 0 radical (unpaired) electrons. The van der Waals surface area contributed by atoms with Crippen LogP contribution in [0.3, 0.4) is 0 Å². The number of nitrogens with two attached hydrogens (primary N) is 1. The van der Waals surface area contributed by atoms with Crippen LogP contribution in [-0.2, 0) is 6.54 Å². The fraction of sp³-hybridized carbons (Fsp3) is 0.273. The largest absolute Gasteiger partial charge is 0.573 e. The number of hydrogen-bond acceptors (Lipinski definition) is 6. The van der Waals surface area contributed by atoms with Crippen LogP contribution >= 0.6 is 0 Å². The summed E-state index contributed by atoms with van der Waals surface area (Å²) in [4.78, 5) is 8.15. The lowest BCUT2D eigenvalue weighted by Gasteiger charge is -2.20. The van der Waals surface area contributed by atoms with Crippen molar-refractivity contribution in [1.29, 1.82) is 0 Å². The zero-order valence-electron chi connectivity index (χ0n) is 18.1. The van der Waals surface area contributed by atoms with Crippen LogP contribution in [-0.4, -0.2) is 23.4 Å². The number of nitrogens with zero attached hydrogens (tertiary/aromatic N) is 2. The van der Waals surface area contributed by atoms with Gasteiger partial charge in [-0.3, -0.25) is 15.3 Å². The van der Waals surface area contributed by atoms with Gasteiger partial charge in [0.25, 0.3) is 0 Å². The van der Waals surface area contributed by atoms with E-state index >= 15 is 0 Å². The van der Waals surface area contributed by atoms with E-state index in [4.69, 9.17) is 10.5 Å². The SMILES string of the molecule is CC.COc1cnc(CNC(c2ccc(OC(F)(F)F)c(F)c2)c2ncccc2F)cc1N. The first-order valence-corrected chi connectivity index (χ1v) is 9.85. The molecule has 2 heterocycles. The predicted molar refractivity (Wildman–Crippen MR) is 113 cm³/mol. The third-order valence-corrected chi connectivity index (χ3v) is 4.24. The molecule has 0 aliphatic rings. The van der Waals surface area contributed by atoms with Crippen molar-refractivity contribution >= 4 is 5.69 Å². The molecule has 1 unspecified atom stereocenters. The Morgan fingerprint density at radius 1 is 1.03 bits per heavy atom. The van der Waals surface area contributed by atoms with Gasteiger partial charge in [0.15, 0.2) is 17.3 Å². The minimum atomic E-state index is -5.05. The minimum absolute atomic E-state index is 0.0668. The summed E-state index contributed by atoms with van der Waals surface area (Å²) in [5, 5.41) is 2.98. The maximum absolute atomic E-state index is 14.4. The van der Waals surface area contributed by atoms with Gasteiger partial charge in [-0.15, -0.1) is 13.2 Å². The van der Waals surface area contributed by atoms with E-state index in [2.05, 4.69) is 20.0 Å². The van der Waals surface area contributed by atoms with Crippen LogP contribution in [0.25, 0.3) is 0 Å². The monoisotopic (exact) mass is 470 g/mol. The third kappa shape index (κ3) is 7.01. The topological polar surface area (TPSA) is 82.3 Å². The van der Waals surface area contributed by atoms with Crippen LogP contribution < -0.4 is 20.5 Å². The number of rotatable bonds is 7. The summed E-state index contributed by atoms with van der Waals surface area (Å²) in [7, 11) is 1.44. The number of ether oxygens (including phenoxy) is 2. The standard InChI is InChI=1S/C20H17F5N4O2.C2H6/c1-30-17-10-28-12(8-15(17)26)9-29-18(19-13(21)3-2-6-27-19)11-4-5-16(14(22)7-11)31-20(23,24)25;1-2/h2-8,10,18,29H,9H2,1H3,(H2,26,28);1-2H3. The van der Waals surface area contributed by atoms with Crippen LogP contribution in [0.1, 0.15) is 36.8 Å². The summed E-state index contributed by atoms with van der Waals surface area (Å²) in [5.41, 5.74) is 6.70. The average molecular weight is 470 g/mol. The first kappa shape index (κ1) is 25.8. The third-order valence-electron chi connectivity index (χ3n) is 4.24. The Balaban J connectivity index is 0.00000187.